The summed E-state index contributed by atoms with van der Waals surface area (Å²) in [6, 6.07) is 9.43. The molecule has 6 N–H and O–H groups in total. The summed E-state index contributed by atoms with van der Waals surface area (Å²) in [5.41, 5.74) is 17.0. The zero-order valence-corrected chi connectivity index (χ0v) is 33.6. The van der Waals surface area contributed by atoms with Crippen LogP contribution in [0.25, 0.3) is 0 Å². The van der Waals surface area contributed by atoms with Gasteiger partial charge in [-0.25, -0.2) is 4.99 Å². The van der Waals surface area contributed by atoms with Crippen molar-refractivity contribution in [1.82, 2.24) is 0 Å². The minimum atomic E-state index is -0.229. The molecule has 0 aliphatic heterocycles. The van der Waals surface area contributed by atoms with Gasteiger partial charge in [-0.15, -0.1) is 0 Å². The number of aryl methyl sites for hydroxylation is 1. The van der Waals surface area contributed by atoms with Crippen molar-refractivity contribution in [3.63, 3.8) is 0 Å². The quantitative estimate of drug-likeness (QED) is 0.0525. The molecule has 0 amide bonds. The Labute approximate surface area is 334 Å². The highest BCUT2D eigenvalue weighted by Gasteiger charge is 2.48. The van der Waals surface area contributed by atoms with Gasteiger partial charge in [0.25, 0.3) is 0 Å². The second-order valence-corrected chi connectivity index (χ2v) is 17.5. The average Bonchev–Trinajstić information content (AvgIpc) is 3.89. The van der Waals surface area contributed by atoms with Gasteiger partial charge in [0, 0.05) is 42.9 Å². The number of hydrogen-bond acceptors (Lipinski definition) is 6. The fraction of sp³-hybridized carbons (Fsp3) is 0.583. The predicted molar refractivity (Wildman–Crippen MR) is 223 cm³/mol. The molecule has 2 bridgehead atoms. The van der Waals surface area contributed by atoms with Crippen LogP contribution in [-0.2, 0) is 16.0 Å². The number of nitrogens with zero attached hydrogens (tertiary/aromatic N) is 1. The number of benzene rings is 2. The molecule has 0 saturated heterocycles. The van der Waals surface area contributed by atoms with Gasteiger partial charge in [-0.1, -0.05) is 74.3 Å². The van der Waals surface area contributed by atoms with Crippen LogP contribution in [0.1, 0.15) is 137 Å². The molecule has 5 aliphatic carbocycles. The summed E-state index contributed by atoms with van der Waals surface area (Å²) in [4.78, 5) is 18.1. The zero-order chi connectivity index (χ0) is 39.2. The number of ether oxygens (including phenoxy) is 2. The number of methoxy groups -OCH3 is 1. The Morgan fingerprint density at radius 1 is 1.04 bits per heavy atom. The number of ketones is 1. The number of hydrogen-bond donors (Lipinski definition) is 4. The van der Waals surface area contributed by atoms with Crippen LogP contribution < -0.4 is 16.2 Å². The average molecular weight is 762 g/mol. The monoisotopic (exact) mass is 761 g/mol. The van der Waals surface area contributed by atoms with Crippen LogP contribution in [0.3, 0.4) is 0 Å². The maximum atomic E-state index is 13.4. The van der Waals surface area contributed by atoms with E-state index in [1.807, 2.05) is 18.2 Å². The van der Waals surface area contributed by atoms with Crippen molar-refractivity contribution in [3.8, 4) is 29.1 Å². The zero-order valence-electron chi connectivity index (χ0n) is 33.6. The number of nitrogens with two attached hydrogens (primary N) is 2. The molecule has 56 heavy (non-hydrogen) atoms. The molecule has 0 heterocycles. The van der Waals surface area contributed by atoms with E-state index in [1.54, 1.807) is 19.3 Å². The first-order valence-corrected chi connectivity index (χ1v) is 21.5. The van der Waals surface area contributed by atoms with Crippen molar-refractivity contribution in [2.45, 2.75) is 134 Å². The molecule has 3 saturated carbocycles. The fourth-order valence-corrected chi connectivity index (χ4v) is 11.0. The van der Waals surface area contributed by atoms with Gasteiger partial charge in [0.1, 0.15) is 5.75 Å². The number of aromatic hydroxyl groups is 2. The smallest absolute Gasteiger partial charge is 0.186 e. The number of fused-ring (bicyclic) bond motifs is 6. The molecule has 2 aromatic rings. The molecular formula is C48H63N3O5. The molecule has 8 nitrogen and oxygen atoms in total. The first-order chi connectivity index (χ1) is 27.2. The number of phenolic OH excluding ortho intramolecular Hbond substituents is 2. The van der Waals surface area contributed by atoms with Crippen LogP contribution in [0.5, 0.6) is 17.2 Å². The third kappa shape index (κ3) is 9.31. The fourth-order valence-electron chi connectivity index (χ4n) is 11.0. The first kappa shape index (κ1) is 40.0. The van der Waals surface area contributed by atoms with E-state index in [0.717, 1.165) is 79.5 Å². The van der Waals surface area contributed by atoms with E-state index < -0.39 is 0 Å². The van der Waals surface area contributed by atoms with Crippen LogP contribution in [0.2, 0.25) is 0 Å². The van der Waals surface area contributed by atoms with E-state index in [-0.39, 0.29) is 65.0 Å². The minimum absolute atomic E-state index is 0.0101. The lowest BCUT2D eigenvalue weighted by molar-refractivity contribution is -0.114. The van der Waals surface area contributed by atoms with Gasteiger partial charge < -0.3 is 31.2 Å². The molecule has 0 radical (unpaired) electrons. The number of guanidine groups is 1. The van der Waals surface area contributed by atoms with Crippen molar-refractivity contribution in [1.29, 1.82) is 0 Å². The van der Waals surface area contributed by atoms with Crippen molar-refractivity contribution in [3.05, 3.63) is 76.4 Å². The molecule has 300 valence electrons. The molecular weight excluding hydrogens is 699 g/mol. The van der Waals surface area contributed by atoms with Crippen LogP contribution >= 0.6 is 0 Å². The van der Waals surface area contributed by atoms with Crippen molar-refractivity contribution >= 4 is 11.7 Å². The van der Waals surface area contributed by atoms with Gasteiger partial charge in [0.2, 0.25) is 0 Å². The maximum Gasteiger partial charge on any atom is 0.186 e. The summed E-state index contributed by atoms with van der Waals surface area (Å²) in [5.74, 6) is 9.30. The predicted octanol–water partition coefficient (Wildman–Crippen LogP) is 8.97. The van der Waals surface area contributed by atoms with E-state index in [0.29, 0.717) is 44.0 Å². The van der Waals surface area contributed by atoms with Crippen molar-refractivity contribution < 1.29 is 24.5 Å². The van der Waals surface area contributed by atoms with Gasteiger partial charge in [-0.05, 0) is 129 Å². The Morgan fingerprint density at radius 2 is 1.82 bits per heavy atom. The SMILES string of the molecule is COC[C@@H]1[C@H]2c3c(O)c(OC4CCCC4)cc(CCC(=O)/C=C/CCC4CCCC4)c3C#CC[C@H](N=C(N)N)C[C@H]1C=C1[C@H]2C[C@@H](C)C[C@@H]1c1cccc(O)c1. The third-order valence-electron chi connectivity index (χ3n) is 13.5. The van der Waals surface area contributed by atoms with Crippen LogP contribution in [0, 0.1) is 41.4 Å². The van der Waals surface area contributed by atoms with Gasteiger partial charge >= 0.3 is 0 Å². The van der Waals surface area contributed by atoms with Crippen molar-refractivity contribution in [2.24, 2.45) is 46.0 Å². The van der Waals surface area contributed by atoms with Gasteiger partial charge in [-0.2, -0.15) is 0 Å². The lowest BCUT2D eigenvalue weighted by Gasteiger charge is -2.49. The Bertz CT molecular complexity index is 1860. The van der Waals surface area contributed by atoms with Gasteiger partial charge in [-0.3, -0.25) is 4.79 Å². The number of allylic oxidation sites excluding steroid dienone is 4. The van der Waals surface area contributed by atoms with Gasteiger partial charge in [0.05, 0.1) is 18.8 Å². The molecule has 0 unspecified atom stereocenters. The minimum Gasteiger partial charge on any atom is -0.508 e. The number of carbonyl (C=O) groups excluding carboxylic acids is 1. The molecule has 0 aromatic heterocycles. The molecule has 8 heteroatoms. The molecule has 0 spiro atoms. The number of carbonyl (C=O) groups is 1. The molecule has 7 rings (SSSR count). The Kier molecular flexibility index (Phi) is 13.1. The molecule has 3 fully saturated rings. The van der Waals surface area contributed by atoms with Crippen LogP contribution in [-0.4, -0.2) is 47.8 Å². The highest BCUT2D eigenvalue weighted by molar-refractivity contribution is 5.89. The van der Waals surface area contributed by atoms with E-state index >= 15 is 0 Å². The van der Waals surface area contributed by atoms with Gasteiger partial charge in [0.15, 0.2) is 23.2 Å². The van der Waals surface area contributed by atoms with E-state index in [9.17, 15) is 15.0 Å². The standard InChI is InChI=1S/C48H63N3O5/c1-30-23-40(32-14-9-17-37(53)26-32)41-27-34-25-35(51-48(49)50)15-10-20-39-33(21-22-36(52)16-6-5-13-31-11-3-4-12-31)28-44(56-38-18-7-8-19-38)47(54)46(39)45(42(41)24-30)43(34)29-55-2/h6,9,14,16-17,26-28,30-31,34-35,38,40,42-43,45,53-54H,3-5,7-8,11-13,15,18-19,21-25,29H2,1-2H3,(H4,49,50,51)/b16-6+/t30-,34-,35-,40+,42+,43-,45-/m0/s1. The first-order valence-electron chi connectivity index (χ1n) is 21.5. The van der Waals surface area contributed by atoms with Crippen LogP contribution in [0.15, 0.2) is 59.1 Å². The Balaban J connectivity index is 1.35. The lowest BCUT2D eigenvalue weighted by atomic mass is 9.55. The normalized spacial score (nSPS) is 27.8. The summed E-state index contributed by atoms with van der Waals surface area (Å²) in [6.07, 6.45) is 21.7. The molecule has 5 aliphatic rings. The number of aliphatic imine (C=N–C) groups is 1. The third-order valence-corrected chi connectivity index (χ3v) is 13.5. The summed E-state index contributed by atoms with van der Waals surface area (Å²) in [6.45, 7) is 2.80. The van der Waals surface area contributed by atoms with E-state index in [1.165, 1.54) is 31.3 Å². The summed E-state index contributed by atoms with van der Waals surface area (Å²) < 4.78 is 12.8. The Morgan fingerprint density at radius 3 is 2.57 bits per heavy atom. The summed E-state index contributed by atoms with van der Waals surface area (Å²) in [7, 11) is 1.75. The second-order valence-electron chi connectivity index (χ2n) is 17.5. The molecule has 7 atom stereocenters. The number of rotatable bonds is 13. The summed E-state index contributed by atoms with van der Waals surface area (Å²) >= 11 is 0. The van der Waals surface area contributed by atoms with E-state index in [4.69, 9.17) is 20.9 Å². The number of phenols is 2. The second kappa shape index (κ2) is 18.4. The van der Waals surface area contributed by atoms with Crippen LogP contribution in [0.4, 0.5) is 0 Å². The summed E-state index contributed by atoms with van der Waals surface area (Å²) in [5, 5.41) is 23.3. The van der Waals surface area contributed by atoms with E-state index in [2.05, 4.69) is 42.0 Å². The Hall–Kier alpha value is -4.22. The van der Waals surface area contributed by atoms with Crippen molar-refractivity contribution in [2.75, 3.05) is 13.7 Å². The topological polar surface area (TPSA) is 140 Å². The highest BCUT2D eigenvalue weighted by atomic mass is 16.5. The molecule has 2 aromatic carbocycles. The lowest BCUT2D eigenvalue weighted by Crippen LogP contribution is -2.41. The highest BCUT2D eigenvalue weighted by Crippen LogP contribution is 2.59. The largest absolute Gasteiger partial charge is 0.508 e. The maximum absolute atomic E-state index is 13.4.